The molecule has 2 amide bonds. The van der Waals surface area contributed by atoms with Gasteiger partial charge in [-0.15, -0.1) is 0 Å². The van der Waals surface area contributed by atoms with Gasteiger partial charge in [0.15, 0.2) is 0 Å². The lowest BCUT2D eigenvalue weighted by Gasteiger charge is -2.34. The van der Waals surface area contributed by atoms with Crippen LogP contribution in [0.15, 0.2) is 48.5 Å². The van der Waals surface area contributed by atoms with Crippen LogP contribution in [0.4, 0.5) is 13.6 Å². The Morgan fingerprint density at radius 2 is 1.65 bits per heavy atom. The average molecular weight is 359 g/mol. The number of halogens is 2. The van der Waals surface area contributed by atoms with E-state index in [0.717, 1.165) is 30.8 Å². The van der Waals surface area contributed by atoms with E-state index in [1.54, 1.807) is 23.1 Å². The molecule has 0 atom stereocenters. The maximum Gasteiger partial charge on any atom is 0.317 e. The van der Waals surface area contributed by atoms with Gasteiger partial charge >= 0.3 is 6.03 Å². The summed E-state index contributed by atoms with van der Waals surface area (Å²) < 4.78 is 26.5. The van der Waals surface area contributed by atoms with E-state index < -0.39 is 0 Å². The fourth-order valence-electron chi connectivity index (χ4n) is 3.05. The second-order valence-corrected chi connectivity index (χ2v) is 6.46. The summed E-state index contributed by atoms with van der Waals surface area (Å²) in [5.41, 5.74) is 1.59. The maximum absolute atomic E-state index is 13.7. The van der Waals surface area contributed by atoms with Crippen molar-refractivity contribution in [2.75, 3.05) is 32.7 Å². The summed E-state index contributed by atoms with van der Waals surface area (Å²) in [6, 6.07) is 12.8. The molecule has 3 rings (SSSR count). The van der Waals surface area contributed by atoms with Crippen LogP contribution in [-0.2, 0) is 13.0 Å². The zero-order valence-corrected chi connectivity index (χ0v) is 14.6. The van der Waals surface area contributed by atoms with Crippen molar-refractivity contribution in [3.05, 3.63) is 71.3 Å². The average Bonchev–Trinajstić information content (AvgIpc) is 2.67. The number of amides is 2. The smallest absolute Gasteiger partial charge is 0.317 e. The second kappa shape index (κ2) is 8.76. The molecule has 0 saturated carbocycles. The summed E-state index contributed by atoms with van der Waals surface area (Å²) in [5, 5.41) is 2.86. The first-order valence-corrected chi connectivity index (χ1v) is 8.85. The zero-order valence-electron chi connectivity index (χ0n) is 14.6. The molecule has 0 spiro atoms. The molecule has 0 aromatic heterocycles. The number of hydrogen-bond acceptors (Lipinski definition) is 2. The summed E-state index contributed by atoms with van der Waals surface area (Å²) in [7, 11) is 0. The van der Waals surface area contributed by atoms with E-state index in [2.05, 4.69) is 10.2 Å². The molecule has 1 heterocycles. The summed E-state index contributed by atoms with van der Waals surface area (Å²) in [4.78, 5) is 16.3. The third-order valence-corrected chi connectivity index (χ3v) is 4.67. The molecule has 0 bridgehead atoms. The first-order valence-electron chi connectivity index (χ1n) is 8.85. The Morgan fingerprint density at radius 3 is 2.35 bits per heavy atom. The monoisotopic (exact) mass is 359 g/mol. The van der Waals surface area contributed by atoms with Crippen LogP contribution in [-0.4, -0.2) is 48.6 Å². The Balaban J connectivity index is 1.39. The molecule has 26 heavy (non-hydrogen) atoms. The Bertz CT molecular complexity index is 728. The third kappa shape index (κ3) is 5.02. The van der Waals surface area contributed by atoms with Crippen LogP contribution in [0.1, 0.15) is 11.1 Å². The number of hydrogen-bond donors (Lipinski definition) is 1. The van der Waals surface area contributed by atoms with Crippen LogP contribution < -0.4 is 5.32 Å². The van der Waals surface area contributed by atoms with Gasteiger partial charge in [0.1, 0.15) is 11.6 Å². The standard InChI is InChI=1S/C20H23F2N3O/c21-18-7-5-16(6-8-18)15-23-20(26)25-13-11-24(12-14-25)10-9-17-3-1-2-4-19(17)22/h1-8H,9-15H2,(H,23,26). The lowest BCUT2D eigenvalue weighted by Crippen LogP contribution is -2.51. The molecule has 0 radical (unpaired) electrons. The van der Waals surface area contributed by atoms with Crippen LogP contribution in [0, 0.1) is 11.6 Å². The van der Waals surface area contributed by atoms with Crippen molar-refractivity contribution in [1.82, 2.24) is 15.1 Å². The normalized spacial score (nSPS) is 15.1. The van der Waals surface area contributed by atoms with Crippen LogP contribution in [0.5, 0.6) is 0 Å². The molecule has 1 N–H and O–H groups in total. The lowest BCUT2D eigenvalue weighted by atomic mass is 10.1. The van der Waals surface area contributed by atoms with E-state index in [9.17, 15) is 13.6 Å². The Labute approximate surface area is 152 Å². The summed E-state index contributed by atoms with van der Waals surface area (Å²) >= 11 is 0. The van der Waals surface area contributed by atoms with Gasteiger partial charge in [-0.25, -0.2) is 13.6 Å². The molecule has 0 unspecified atom stereocenters. The molecule has 1 saturated heterocycles. The Morgan fingerprint density at radius 1 is 0.962 bits per heavy atom. The van der Waals surface area contributed by atoms with Crippen molar-refractivity contribution < 1.29 is 13.6 Å². The molecule has 0 aliphatic carbocycles. The van der Waals surface area contributed by atoms with E-state index >= 15 is 0 Å². The van der Waals surface area contributed by atoms with Crippen molar-refractivity contribution in [3.8, 4) is 0 Å². The van der Waals surface area contributed by atoms with Gasteiger partial charge in [0.05, 0.1) is 0 Å². The Hall–Kier alpha value is -2.47. The van der Waals surface area contributed by atoms with E-state index in [1.165, 1.54) is 18.2 Å². The second-order valence-electron chi connectivity index (χ2n) is 6.46. The molecule has 4 nitrogen and oxygen atoms in total. The van der Waals surface area contributed by atoms with Crippen LogP contribution in [0.2, 0.25) is 0 Å². The van der Waals surface area contributed by atoms with E-state index in [4.69, 9.17) is 0 Å². The van der Waals surface area contributed by atoms with Crippen molar-refractivity contribution >= 4 is 6.03 Å². The number of carbonyl (C=O) groups is 1. The number of rotatable bonds is 5. The summed E-state index contributed by atoms with van der Waals surface area (Å²) in [6.45, 7) is 4.01. The number of carbonyl (C=O) groups excluding carboxylic acids is 1. The van der Waals surface area contributed by atoms with Crippen LogP contribution in [0.25, 0.3) is 0 Å². The number of nitrogens with zero attached hydrogens (tertiary/aromatic N) is 2. The molecule has 2 aromatic carbocycles. The molecular weight excluding hydrogens is 336 g/mol. The molecule has 1 fully saturated rings. The van der Waals surface area contributed by atoms with Crippen LogP contribution >= 0.6 is 0 Å². The molecule has 1 aliphatic rings. The van der Waals surface area contributed by atoms with Crippen molar-refractivity contribution in [3.63, 3.8) is 0 Å². The zero-order chi connectivity index (χ0) is 18.4. The maximum atomic E-state index is 13.7. The highest BCUT2D eigenvalue weighted by molar-refractivity contribution is 5.74. The predicted octanol–water partition coefficient (Wildman–Crippen LogP) is 3.03. The van der Waals surface area contributed by atoms with Gasteiger partial charge in [-0.1, -0.05) is 30.3 Å². The van der Waals surface area contributed by atoms with Crippen molar-refractivity contribution in [2.45, 2.75) is 13.0 Å². The molecule has 1 aliphatic heterocycles. The van der Waals surface area contributed by atoms with Crippen LogP contribution in [0.3, 0.4) is 0 Å². The van der Waals surface area contributed by atoms with E-state index in [-0.39, 0.29) is 17.7 Å². The van der Waals surface area contributed by atoms with Gasteiger partial charge in [-0.2, -0.15) is 0 Å². The molecule has 6 heteroatoms. The minimum absolute atomic E-state index is 0.108. The minimum Gasteiger partial charge on any atom is -0.334 e. The SMILES string of the molecule is O=C(NCc1ccc(F)cc1)N1CCN(CCc2ccccc2F)CC1. The van der Waals surface area contributed by atoms with Crippen molar-refractivity contribution in [2.24, 2.45) is 0 Å². The van der Waals surface area contributed by atoms with Gasteiger partial charge in [0.25, 0.3) is 0 Å². The van der Waals surface area contributed by atoms with Gasteiger partial charge in [0, 0.05) is 39.3 Å². The largest absolute Gasteiger partial charge is 0.334 e. The minimum atomic E-state index is -0.286. The summed E-state index contributed by atoms with van der Waals surface area (Å²) in [5.74, 6) is -0.446. The fourth-order valence-corrected chi connectivity index (χ4v) is 3.05. The Kier molecular flexibility index (Phi) is 6.17. The number of urea groups is 1. The number of nitrogens with one attached hydrogen (secondary N) is 1. The quantitative estimate of drug-likeness (QED) is 0.891. The summed E-state index contributed by atoms with van der Waals surface area (Å²) in [6.07, 6.45) is 0.670. The number of piperazine rings is 1. The first-order chi connectivity index (χ1) is 12.6. The van der Waals surface area contributed by atoms with Crippen molar-refractivity contribution in [1.29, 1.82) is 0 Å². The lowest BCUT2D eigenvalue weighted by molar-refractivity contribution is 0.139. The highest BCUT2D eigenvalue weighted by atomic mass is 19.1. The van der Waals surface area contributed by atoms with Gasteiger partial charge < -0.3 is 10.2 Å². The highest BCUT2D eigenvalue weighted by Crippen LogP contribution is 2.10. The number of benzene rings is 2. The van der Waals surface area contributed by atoms with Gasteiger partial charge in [0.2, 0.25) is 0 Å². The van der Waals surface area contributed by atoms with Gasteiger partial charge in [-0.3, -0.25) is 4.90 Å². The molecule has 2 aromatic rings. The fraction of sp³-hybridized carbons (Fsp3) is 0.350. The highest BCUT2D eigenvalue weighted by Gasteiger charge is 2.20. The topological polar surface area (TPSA) is 35.6 Å². The third-order valence-electron chi connectivity index (χ3n) is 4.67. The predicted molar refractivity (Wildman–Crippen MR) is 96.8 cm³/mol. The van der Waals surface area contributed by atoms with Gasteiger partial charge in [-0.05, 0) is 35.7 Å². The molecule has 138 valence electrons. The molecular formula is C20H23F2N3O. The van der Waals surface area contributed by atoms with E-state index in [1.807, 2.05) is 12.1 Å². The van der Waals surface area contributed by atoms with E-state index in [0.29, 0.717) is 26.1 Å². The first kappa shape index (κ1) is 18.3.